The second-order valence-corrected chi connectivity index (χ2v) is 4.44. The Morgan fingerprint density at radius 2 is 1.90 bits per heavy atom. The Labute approximate surface area is 114 Å². The number of hydrogen-bond donors (Lipinski definition) is 2. The van der Waals surface area contributed by atoms with E-state index in [2.05, 4.69) is 5.32 Å². The fourth-order valence-corrected chi connectivity index (χ4v) is 1.79. The van der Waals surface area contributed by atoms with E-state index < -0.39 is 17.6 Å². The van der Waals surface area contributed by atoms with Crippen LogP contribution in [0.3, 0.4) is 0 Å². The van der Waals surface area contributed by atoms with E-state index in [0.717, 1.165) is 17.7 Å². The van der Waals surface area contributed by atoms with Crippen LogP contribution < -0.4 is 5.32 Å². The SMILES string of the molecule is Cc1ccc(C(=O)O)cc1NCc1ccc(F)c(F)c1. The van der Waals surface area contributed by atoms with Crippen LogP contribution in [0.2, 0.25) is 0 Å². The third-order valence-corrected chi connectivity index (χ3v) is 2.95. The van der Waals surface area contributed by atoms with Gasteiger partial charge in [-0.1, -0.05) is 12.1 Å². The summed E-state index contributed by atoms with van der Waals surface area (Å²) >= 11 is 0. The molecule has 0 fully saturated rings. The van der Waals surface area contributed by atoms with Gasteiger partial charge in [0.25, 0.3) is 0 Å². The van der Waals surface area contributed by atoms with Gasteiger partial charge in [0.15, 0.2) is 11.6 Å². The summed E-state index contributed by atoms with van der Waals surface area (Å²) in [5, 5.41) is 12.0. The number of rotatable bonds is 4. The summed E-state index contributed by atoms with van der Waals surface area (Å²) in [6.45, 7) is 2.11. The Bertz CT molecular complexity index is 656. The first-order chi connectivity index (χ1) is 9.47. The molecular weight excluding hydrogens is 264 g/mol. The van der Waals surface area contributed by atoms with Gasteiger partial charge >= 0.3 is 5.97 Å². The molecule has 104 valence electrons. The van der Waals surface area contributed by atoms with Crippen molar-refractivity contribution in [3.8, 4) is 0 Å². The van der Waals surface area contributed by atoms with Gasteiger partial charge in [0.2, 0.25) is 0 Å². The zero-order valence-corrected chi connectivity index (χ0v) is 10.8. The molecule has 0 aromatic heterocycles. The number of halogens is 2. The number of aryl methyl sites for hydroxylation is 1. The zero-order chi connectivity index (χ0) is 14.7. The van der Waals surface area contributed by atoms with E-state index in [9.17, 15) is 13.6 Å². The third kappa shape index (κ3) is 3.12. The lowest BCUT2D eigenvalue weighted by Crippen LogP contribution is -2.04. The van der Waals surface area contributed by atoms with Gasteiger partial charge in [-0.2, -0.15) is 0 Å². The maximum Gasteiger partial charge on any atom is 0.335 e. The van der Waals surface area contributed by atoms with E-state index in [1.54, 1.807) is 6.07 Å². The van der Waals surface area contributed by atoms with Crippen molar-refractivity contribution in [1.29, 1.82) is 0 Å². The maximum absolute atomic E-state index is 13.1. The molecule has 0 saturated heterocycles. The predicted molar refractivity (Wildman–Crippen MR) is 71.8 cm³/mol. The lowest BCUT2D eigenvalue weighted by Gasteiger charge is -2.10. The van der Waals surface area contributed by atoms with Crippen molar-refractivity contribution >= 4 is 11.7 Å². The summed E-state index contributed by atoms with van der Waals surface area (Å²) in [6, 6.07) is 8.36. The van der Waals surface area contributed by atoms with Crippen molar-refractivity contribution < 1.29 is 18.7 Å². The fraction of sp³-hybridized carbons (Fsp3) is 0.133. The molecule has 0 bridgehead atoms. The van der Waals surface area contributed by atoms with Crippen LogP contribution in [0.4, 0.5) is 14.5 Å². The zero-order valence-electron chi connectivity index (χ0n) is 10.8. The van der Waals surface area contributed by atoms with Crippen LogP contribution in [-0.2, 0) is 6.54 Å². The lowest BCUT2D eigenvalue weighted by molar-refractivity contribution is 0.0697. The molecule has 0 atom stereocenters. The summed E-state index contributed by atoms with van der Waals surface area (Å²) in [4.78, 5) is 10.9. The largest absolute Gasteiger partial charge is 0.478 e. The molecule has 5 heteroatoms. The first-order valence-corrected chi connectivity index (χ1v) is 5.99. The molecule has 0 saturated carbocycles. The van der Waals surface area contributed by atoms with E-state index in [1.807, 2.05) is 6.92 Å². The van der Waals surface area contributed by atoms with Crippen molar-refractivity contribution in [2.24, 2.45) is 0 Å². The van der Waals surface area contributed by atoms with E-state index >= 15 is 0 Å². The molecule has 0 aliphatic carbocycles. The average molecular weight is 277 g/mol. The average Bonchev–Trinajstić information content (AvgIpc) is 2.41. The van der Waals surface area contributed by atoms with E-state index in [4.69, 9.17) is 5.11 Å². The minimum Gasteiger partial charge on any atom is -0.478 e. The van der Waals surface area contributed by atoms with Gasteiger partial charge in [-0.3, -0.25) is 0 Å². The summed E-state index contributed by atoms with van der Waals surface area (Å²) in [6.07, 6.45) is 0. The number of carboxylic acid groups (broad SMARTS) is 1. The molecule has 0 aliphatic heterocycles. The Hall–Kier alpha value is -2.43. The van der Waals surface area contributed by atoms with Gasteiger partial charge in [-0.15, -0.1) is 0 Å². The van der Waals surface area contributed by atoms with Crippen LogP contribution in [0.15, 0.2) is 36.4 Å². The number of carboxylic acids is 1. The lowest BCUT2D eigenvalue weighted by atomic mass is 10.1. The van der Waals surface area contributed by atoms with Gasteiger partial charge in [0.05, 0.1) is 5.56 Å². The molecule has 0 heterocycles. The van der Waals surface area contributed by atoms with Crippen LogP contribution in [0.5, 0.6) is 0 Å². The Morgan fingerprint density at radius 1 is 1.15 bits per heavy atom. The molecule has 2 aromatic rings. The Balaban J connectivity index is 2.15. The number of anilines is 1. The molecule has 0 aliphatic rings. The molecular formula is C15H13F2NO2. The third-order valence-electron chi connectivity index (χ3n) is 2.95. The van der Waals surface area contributed by atoms with Crippen molar-refractivity contribution in [3.05, 3.63) is 64.7 Å². The Morgan fingerprint density at radius 3 is 2.55 bits per heavy atom. The number of aromatic carboxylic acids is 1. The van der Waals surface area contributed by atoms with Crippen LogP contribution in [0.1, 0.15) is 21.5 Å². The highest BCUT2D eigenvalue weighted by Gasteiger charge is 2.07. The standard InChI is InChI=1S/C15H13F2NO2/c1-9-2-4-11(15(19)20)7-14(9)18-8-10-3-5-12(16)13(17)6-10/h2-7,18H,8H2,1H3,(H,19,20). The van der Waals surface area contributed by atoms with Crippen molar-refractivity contribution in [1.82, 2.24) is 0 Å². The van der Waals surface area contributed by atoms with Gasteiger partial charge in [-0.25, -0.2) is 13.6 Å². The molecule has 20 heavy (non-hydrogen) atoms. The molecule has 0 radical (unpaired) electrons. The smallest absolute Gasteiger partial charge is 0.335 e. The Kier molecular flexibility index (Phi) is 3.98. The topological polar surface area (TPSA) is 49.3 Å². The second-order valence-electron chi connectivity index (χ2n) is 4.44. The summed E-state index contributed by atoms with van der Waals surface area (Å²) < 4.78 is 25.9. The molecule has 0 unspecified atom stereocenters. The second kappa shape index (κ2) is 5.69. The van der Waals surface area contributed by atoms with Gasteiger partial charge in [0.1, 0.15) is 0 Å². The minimum absolute atomic E-state index is 0.170. The summed E-state index contributed by atoms with van der Waals surface area (Å²) in [7, 11) is 0. The number of benzene rings is 2. The van der Waals surface area contributed by atoms with Crippen LogP contribution in [-0.4, -0.2) is 11.1 Å². The highest BCUT2D eigenvalue weighted by molar-refractivity contribution is 5.89. The minimum atomic E-state index is -1.01. The van der Waals surface area contributed by atoms with Crippen molar-refractivity contribution in [2.45, 2.75) is 13.5 Å². The maximum atomic E-state index is 13.1. The van der Waals surface area contributed by atoms with Crippen molar-refractivity contribution in [3.63, 3.8) is 0 Å². The predicted octanol–water partition coefficient (Wildman–Crippen LogP) is 3.58. The van der Waals surface area contributed by atoms with E-state index in [0.29, 0.717) is 11.3 Å². The molecule has 0 spiro atoms. The monoisotopic (exact) mass is 277 g/mol. The molecule has 2 aromatic carbocycles. The van der Waals surface area contributed by atoms with Gasteiger partial charge in [0, 0.05) is 12.2 Å². The highest BCUT2D eigenvalue weighted by Crippen LogP contribution is 2.18. The first-order valence-electron chi connectivity index (χ1n) is 5.99. The summed E-state index contributed by atoms with van der Waals surface area (Å²) in [5.74, 6) is -2.81. The first kappa shape index (κ1) is 14.0. The van der Waals surface area contributed by atoms with Crippen LogP contribution >= 0.6 is 0 Å². The highest BCUT2D eigenvalue weighted by atomic mass is 19.2. The van der Waals surface area contributed by atoms with Crippen LogP contribution in [0, 0.1) is 18.6 Å². The van der Waals surface area contributed by atoms with Crippen molar-refractivity contribution in [2.75, 3.05) is 5.32 Å². The van der Waals surface area contributed by atoms with E-state index in [1.165, 1.54) is 18.2 Å². The quantitative estimate of drug-likeness (QED) is 0.898. The van der Waals surface area contributed by atoms with E-state index in [-0.39, 0.29) is 12.1 Å². The summed E-state index contributed by atoms with van der Waals surface area (Å²) in [5.41, 5.74) is 2.26. The fourth-order valence-electron chi connectivity index (χ4n) is 1.79. The van der Waals surface area contributed by atoms with Gasteiger partial charge < -0.3 is 10.4 Å². The molecule has 3 nitrogen and oxygen atoms in total. The number of carbonyl (C=O) groups is 1. The number of nitrogens with one attached hydrogen (secondary N) is 1. The van der Waals surface area contributed by atoms with Gasteiger partial charge in [-0.05, 0) is 42.3 Å². The molecule has 2 rings (SSSR count). The number of hydrogen-bond acceptors (Lipinski definition) is 2. The molecule has 2 N–H and O–H groups in total. The van der Waals surface area contributed by atoms with Crippen LogP contribution in [0.25, 0.3) is 0 Å². The molecule has 0 amide bonds. The normalized spacial score (nSPS) is 10.3.